The Morgan fingerprint density at radius 3 is 2.88 bits per heavy atom. The molecule has 0 saturated heterocycles. The Morgan fingerprint density at radius 2 is 2.04 bits per heavy atom. The molecule has 2 heterocycles. The molecule has 0 amide bonds. The van der Waals surface area contributed by atoms with Gasteiger partial charge in [0, 0.05) is 23.7 Å². The highest BCUT2D eigenvalue weighted by atomic mass is 19.1. The molecule has 0 saturated carbocycles. The summed E-state index contributed by atoms with van der Waals surface area (Å²) in [6.45, 7) is 0. The number of carbonyl (C=O) groups excluding carboxylic acids is 1. The van der Waals surface area contributed by atoms with Gasteiger partial charge in [0.1, 0.15) is 11.6 Å². The number of benzene rings is 2. The van der Waals surface area contributed by atoms with E-state index in [1.165, 1.54) is 35.1 Å². The number of ether oxygens (including phenoxy) is 1. The summed E-state index contributed by atoms with van der Waals surface area (Å²) in [5, 5.41) is 11.5. The number of hydrogen-bond acceptors (Lipinski definition) is 5. The highest BCUT2D eigenvalue weighted by Gasteiger charge is 2.16. The first-order valence-electron chi connectivity index (χ1n) is 7.61. The Morgan fingerprint density at radius 1 is 1.15 bits per heavy atom. The molecule has 0 spiro atoms. The van der Waals surface area contributed by atoms with Crippen LogP contribution in [0.2, 0.25) is 0 Å². The first kappa shape index (κ1) is 15.7. The van der Waals surface area contributed by atoms with Gasteiger partial charge in [-0.2, -0.15) is 10.2 Å². The van der Waals surface area contributed by atoms with E-state index >= 15 is 0 Å². The number of aromatic amines is 1. The number of nitrogens with zero attached hydrogens (tertiary/aromatic N) is 3. The Labute approximate surface area is 145 Å². The third-order valence-corrected chi connectivity index (χ3v) is 3.70. The summed E-state index contributed by atoms with van der Waals surface area (Å²) in [5.41, 5.74) is 0.0677. The fourth-order valence-corrected chi connectivity index (χ4v) is 2.45. The lowest BCUT2D eigenvalue weighted by atomic mass is 10.2. The standard InChI is InChI=1S/C18H11FN4O3/c19-12-2-1-3-13(8-12)23-7-6-16(24)17(22-23)18(25)26-14-5-4-11-10-20-21-15(11)9-14/h1-10H,(H,20,21). The van der Waals surface area contributed by atoms with Gasteiger partial charge in [0.25, 0.3) is 0 Å². The predicted octanol–water partition coefficient (Wildman–Crippen LogP) is 2.47. The first-order chi connectivity index (χ1) is 12.6. The third kappa shape index (κ3) is 2.95. The lowest BCUT2D eigenvalue weighted by Gasteiger charge is -2.07. The molecule has 2 aromatic heterocycles. The average molecular weight is 350 g/mol. The van der Waals surface area contributed by atoms with Crippen LogP contribution in [0.25, 0.3) is 16.6 Å². The second-order valence-corrected chi connectivity index (χ2v) is 5.46. The van der Waals surface area contributed by atoms with Crippen LogP contribution >= 0.6 is 0 Å². The van der Waals surface area contributed by atoms with E-state index in [9.17, 15) is 14.0 Å². The zero-order chi connectivity index (χ0) is 18.1. The Kier molecular flexibility index (Phi) is 3.77. The van der Waals surface area contributed by atoms with Gasteiger partial charge in [0.15, 0.2) is 0 Å². The zero-order valence-corrected chi connectivity index (χ0v) is 13.2. The molecule has 0 aliphatic carbocycles. The van der Waals surface area contributed by atoms with E-state index in [4.69, 9.17) is 4.74 Å². The topological polar surface area (TPSA) is 89.9 Å². The molecule has 0 aliphatic heterocycles. The van der Waals surface area contributed by atoms with Crippen LogP contribution < -0.4 is 10.2 Å². The van der Waals surface area contributed by atoms with Gasteiger partial charge in [0.05, 0.1) is 17.4 Å². The monoisotopic (exact) mass is 350 g/mol. The van der Waals surface area contributed by atoms with E-state index in [2.05, 4.69) is 15.3 Å². The maximum Gasteiger partial charge on any atom is 0.368 e. The molecule has 0 unspecified atom stereocenters. The number of esters is 1. The summed E-state index contributed by atoms with van der Waals surface area (Å²) >= 11 is 0. The Hall–Kier alpha value is -3.81. The maximum atomic E-state index is 13.4. The molecule has 8 heteroatoms. The van der Waals surface area contributed by atoms with Crippen molar-refractivity contribution in [2.75, 3.05) is 0 Å². The average Bonchev–Trinajstić information content (AvgIpc) is 3.10. The molecule has 0 aliphatic rings. The van der Waals surface area contributed by atoms with Crippen LogP contribution in [0.3, 0.4) is 0 Å². The van der Waals surface area contributed by atoms with Gasteiger partial charge in [-0.25, -0.2) is 13.9 Å². The van der Waals surface area contributed by atoms with Crippen molar-refractivity contribution in [1.82, 2.24) is 20.0 Å². The SMILES string of the molecule is O=C(Oc1ccc2cn[nH]c2c1)c1nn(-c2cccc(F)c2)ccc1=O. The smallest absolute Gasteiger partial charge is 0.368 e. The second-order valence-electron chi connectivity index (χ2n) is 5.46. The zero-order valence-electron chi connectivity index (χ0n) is 13.2. The van der Waals surface area contributed by atoms with E-state index in [0.717, 1.165) is 5.39 Å². The van der Waals surface area contributed by atoms with Gasteiger partial charge in [-0.3, -0.25) is 9.89 Å². The number of H-pyrrole nitrogens is 1. The van der Waals surface area contributed by atoms with Crippen molar-refractivity contribution < 1.29 is 13.9 Å². The molecule has 2 aromatic carbocycles. The molecular formula is C18H11FN4O3. The molecule has 0 bridgehead atoms. The minimum Gasteiger partial charge on any atom is -0.422 e. The fourth-order valence-electron chi connectivity index (χ4n) is 2.45. The van der Waals surface area contributed by atoms with E-state index in [1.807, 2.05) is 0 Å². The van der Waals surface area contributed by atoms with Gasteiger partial charge in [-0.1, -0.05) is 6.07 Å². The number of hydrogen-bond donors (Lipinski definition) is 1. The number of fused-ring (bicyclic) bond motifs is 1. The quantitative estimate of drug-likeness (QED) is 0.453. The molecule has 0 radical (unpaired) electrons. The van der Waals surface area contributed by atoms with Gasteiger partial charge in [-0.15, -0.1) is 0 Å². The largest absolute Gasteiger partial charge is 0.422 e. The number of rotatable bonds is 3. The molecule has 7 nitrogen and oxygen atoms in total. The summed E-state index contributed by atoms with van der Waals surface area (Å²) in [6.07, 6.45) is 2.99. The summed E-state index contributed by atoms with van der Waals surface area (Å²) in [5.74, 6) is -1.12. The van der Waals surface area contributed by atoms with Crippen LogP contribution in [0.4, 0.5) is 4.39 Å². The number of halogens is 1. The molecule has 4 rings (SSSR count). The molecule has 26 heavy (non-hydrogen) atoms. The van der Waals surface area contributed by atoms with Crippen LogP contribution in [0.5, 0.6) is 5.75 Å². The van der Waals surface area contributed by atoms with Crippen LogP contribution in [0.1, 0.15) is 10.5 Å². The van der Waals surface area contributed by atoms with Gasteiger partial charge in [0.2, 0.25) is 11.1 Å². The minimum absolute atomic E-state index is 0.245. The molecule has 0 fully saturated rings. The van der Waals surface area contributed by atoms with Crippen molar-refractivity contribution >= 4 is 16.9 Å². The van der Waals surface area contributed by atoms with Crippen molar-refractivity contribution in [3.8, 4) is 11.4 Å². The van der Waals surface area contributed by atoms with Crippen LogP contribution in [-0.2, 0) is 0 Å². The van der Waals surface area contributed by atoms with Gasteiger partial charge in [-0.05, 0) is 30.3 Å². The van der Waals surface area contributed by atoms with Gasteiger partial charge >= 0.3 is 5.97 Å². The molecule has 0 atom stereocenters. The van der Waals surface area contributed by atoms with Crippen LogP contribution in [-0.4, -0.2) is 25.9 Å². The van der Waals surface area contributed by atoms with E-state index in [0.29, 0.717) is 11.2 Å². The predicted molar refractivity (Wildman–Crippen MR) is 90.8 cm³/mol. The van der Waals surface area contributed by atoms with Gasteiger partial charge < -0.3 is 4.74 Å². The lowest BCUT2D eigenvalue weighted by Crippen LogP contribution is -2.24. The summed E-state index contributed by atoms with van der Waals surface area (Å²) in [4.78, 5) is 24.4. The summed E-state index contributed by atoms with van der Waals surface area (Å²) in [6, 6.07) is 11.7. The molecule has 128 valence electrons. The van der Waals surface area contributed by atoms with Crippen LogP contribution in [0.15, 0.2) is 65.7 Å². The number of aromatic nitrogens is 4. The third-order valence-electron chi connectivity index (χ3n) is 3.70. The van der Waals surface area contributed by atoms with Crippen molar-refractivity contribution in [2.24, 2.45) is 0 Å². The normalized spacial score (nSPS) is 10.8. The fraction of sp³-hybridized carbons (Fsp3) is 0. The molecule has 1 N–H and O–H groups in total. The molecular weight excluding hydrogens is 339 g/mol. The number of carbonyl (C=O) groups is 1. The summed E-state index contributed by atoms with van der Waals surface area (Å²) in [7, 11) is 0. The van der Waals surface area contributed by atoms with Crippen molar-refractivity contribution in [1.29, 1.82) is 0 Å². The van der Waals surface area contributed by atoms with E-state index < -0.39 is 22.9 Å². The van der Waals surface area contributed by atoms with Crippen molar-refractivity contribution in [3.63, 3.8) is 0 Å². The van der Waals surface area contributed by atoms with Crippen LogP contribution in [0, 0.1) is 5.82 Å². The maximum absolute atomic E-state index is 13.4. The first-order valence-corrected chi connectivity index (χ1v) is 7.61. The highest BCUT2D eigenvalue weighted by Crippen LogP contribution is 2.19. The minimum atomic E-state index is -0.903. The summed E-state index contributed by atoms with van der Waals surface area (Å²) < 4.78 is 19.8. The highest BCUT2D eigenvalue weighted by molar-refractivity contribution is 5.89. The second kappa shape index (κ2) is 6.25. The Bertz CT molecular complexity index is 1180. The van der Waals surface area contributed by atoms with Crippen molar-refractivity contribution in [3.05, 3.63) is 82.7 Å². The number of nitrogens with one attached hydrogen (secondary N) is 1. The lowest BCUT2D eigenvalue weighted by molar-refractivity contribution is 0.0725. The molecule has 4 aromatic rings. The Balaban J connectivity index is 1.66. The van der Waals surface area contributed by atoms with E-state index in [-0.39, 0.29) is 5.75 Å². The van der Waals surface area contributed by atoms with E-state index in [1.54, 1.807) is 30.5 Å². The van der Waals surface area contributed by atoms with Crippen molar-refractivity contribution in [2.45, 2.75) is 0 Å².